The lowest BCUT2D eigenvalue weighted by molar-refractivity contribution is 0.305. The third kappa shape index (κ3) is 2.49. The number of aryl methyl sites for hydroxylation is 1. The van der Waals surface area contributed by atoms with Gasteiger partial charge in [-0.25, -0.2) is 19.0 Å². The smallest absolute Gasteiger partial charge is 0.173 e. The molecule has 0 unspecified atom stereocenters. The molecule has 4 rings (SSSR count). The molecule has 0 radical (unpaired) electrons. The molecule has 3 heterocycles. The zero-order valence-electron chi connectivity index (χ0n) is 13.0. The first-order chi connectivity index (χ1) is 12.2. The van der Waals surface area contributed by atoms with Crippen molar-refractivity contribution in [2.75, 3.05) is 0 Å². The Labute approximate surface area is 140 Å². The molecule has 8 nitrogen and oxygen atoms in total. The van der Waals surface area contributed by atoms with Gasteiger partial charge in [0, 0.05) is 0 Å². The second kappa shape index (κ2) is 5.76. The van der Waals surface area contributed by atoms with Gasteiger partial charge in [-0.05, 0) is 24.2 Å². The van der Waals surface area contributed by atoms with E-state index in [0.29, 0.717) is 33.9 Å². The Morgan fingerprint density at radius 1 is 1.24 bits per heavy atom. The van der Waals surface area contributed by atoms with Crippen molar-refractivity contribution in [1.29, 1.82) is 5.26 Å². The average molecular weight is 335 g/mol. The number of nitrogens with zero attached hydrogens (tertiary/aromatic N) is 7. The van der Waals surface area contributed by atoms with Crippen LogP contribution in [0.15, 0.2) is 35.2 Å². The number of benzene rings is 1. The van der Waals surface area contributed by atoms with Gasteiger partial charge in [-0.1, -0.05) is 11.2 Å². The summed E-state index contributed by atoms with van der Waals surface area (Å²) >= 11 is 0. The molecule has 0 fully saturated rings. The molecule has 0 spiro atoms. The Morgan fingerprint density at radius 2 is 2.12 bits per heavy atom. The van der Waals surface area contributed by atoms with Crippen molar-refractivity contribution in [2.24, 2.45) is 0 Å². The topological polar surface area (TPSA) is 106 Å². The molecule has 0 aliphatic carbocycles. The number of hydrogen-bond donors (Lipinski definition) is 0. The molecule has 122 valence electrons. The van der Waals surface area contributed by atoms with Gasteiger partial charge in [0.2, 0.25) is 0 Å². The van der Waals surface area contributed by atoms with E-state index < -0.39 is 5.82 Å². The van der Waals surface area contributed by atoms with Crippen LogP contribution in [-0.2, 0) is 6.54 Å². The Hall–Kier alpha value is -3.67. The van der Waals surface area contributed by atoms with Gasteiger partial charge in [0.15, 0.2) is 17.2 Å². The van der Waals surface area contributed by atoms with Crippen LogP contribution in [-0.4, -0.2) is 29.8 Å². The quantitative estimate of drug-likeness (QED) is 0.565. The molecule has 0 saturated carbocycles. The van der Waals surface area contributed by atoms with Gasteiger partial charge in [-0.3, -0.25) is 4.98 Å². The second-order valence-electron chi connectivity index (χ2n) is 5.33. The van der Waals surface area contributed by atoms with Gasteiger partial charge in [0.05, 0.1) is 30.1 Å². The number of nitriles is 1. The largest absolute Gasteiger partial charge is 0.314 e. The molecule has 0 atom stereocenters. The molecule has 9 heteroatoms. The summed E-state index contributed by atoms with van der Waals surface area (Å²) in [4.78, 5) is 12.6. The Morgan fingerprint density at radius 3 is 2.80 bits per heavy atom. The fourth-order valence-corrected chi connectivity index (χ4v) is 2.57. The minimum Gasteiger partial charge on any atom is -0.314 e. The van der Waals surface area contributed by atoms with Crippen LogP contribution in [0.3, 0.4) is 0 Å². The molecular formula is C16H10FN7O. The lowest BCUT2D eigenvalue weighted by atomic mass is 10.3. The van der Waals surface area contributed by atoms with Gasteiger partial charge in [0.1, 0.15) is 23.1 Å². The number of para-hydroxylation sites is 1. The first kappa shape index (κ1) is 14.9. The molecule has 0 saturated heterocycles. The number of rotatable bonds is 3. The Kier molecular flexibility index (Phi) is 3.43. The highest BCUT2D eigenvalue weighted by atomic mass is 19.1. The van der Waals surface area contributed by atoms with Gasteiger partial charge < -0.3 is 4.57 Å². The maximum absolute atomic E-state index is 14.4. The molecule has 4 aromatic rings. The fraction of sp³-hybridized carbons (Fsp3) is 0.125. The minimum atomic E-state index is -0.410. The number of halogens is 1. The number of aromatic nitrogens is 6. The van der Waals surface area contributed by atoms with Crippen LogP contribution in [0.25, 0.3) is 22.6 Å². The van der Waals surface area contributed by atoms with Crippen molar-refractivity contribution < 1.29 is 9.02 Å². The average Bonchev–Trinajstić information content (AvgIpc) is 3.20. The maximum Gasteiger partial charge on any atom is 0.173 e. The third-order valence-corrected chi connectivity index (χ3v) is 3.72. The molecule has 0 bridgehead atoms. The summed E-state index contributed by atoms with van der Waals surface area (Å²) in [7, 11) is 0. The molecule has 1 aromatic carbocycles. The van der Waals surface area contributed by atoms with E-state index in [9.17, 15) is 4.39 Å². The summed E-state index contributed by atoms with van der Waals surface area (Å²) in [5.74, 6) is 0.0111. The number of fused-ring (bicyclic) bond motifs is 1. The van der Waals surface area contributed by atoms with E-state index in [-0.39, 0.29) is 12.2 Å². The highest BCUT2D eigenvalue weighted by Crippen LogP contribution is 2.27. The van der Waals surface area contributed by atoms with E-state index in [0.717, 1.165) is 0 Å². The minimum absolute atomic E-state index is 0.206. The number of hydrogen-bond acceptors (Lipinski definition) is 7. The van der Waals surface area contributed by atoms with E-state index in [1.165, 1.54) is 18.5 Å². The van der Waals surface area contributed by atoms with Crippen molar-refractivity contribution in [3.05, 3.63) is 53.5 Å². The molecule has 3 aromatic heterocycles. The maximum atomic E-state index is 14.4. The van der Waals surface area contributed by atoms with Gasteiger partial charge in [-0.2, -0.15) is 5.26 Å². The first-order valence-electron chi connectivity index (χ1n) is 7.32. The molecular weight excluding hydrogens is 325 g/mol. The van der Waals surface area contributed by atoms with Crippen LogP contribution >= 0.6 is 0 Å². The van der Waals surface area contributed by atoms with Crippen molar-refractivity contribution in [3.63, 3.8) is 0 Å². The lowest BCUT2D eigenvalue weighted by Gasteiger charge is -2.07. The van der Waals surface area contributed by atoms with Crippen LogP contribution in [0.2, 0.25) is 0 Å². The normalized spacial score (nSPS) is 10.9. The first-order valence-corrected chi connectivity index (χ1v) is 7.32. The molecule has 0 aliphatic rings. The summed E-state index contributed by atoms with van der Waals surface area (Å²) in [6.45, 7) is 1.94. The summed E-state index contributed by atoms with van der Waals surface area (Å²) in [6, 6.07) is 6.58. The Bertz CT molecular complexity index is 1110. The van der Waals surface area contributed by atoms with Crippen molar-refractivity contribution in [1.82, 2.24) is 29.8 Å². The standard InChI is InChI=1S/C16H10FN7O/c1-9-14(23-25-22-9)16-21-13-4-2-3-12(17)15(13)24(16)8-11-7-19-10(5-18)6-20-11/h2-4,6-7H,8H2,1H3. The van der Waals surface area contributed by atoms with Crippen LogP contribution in [0, 0.1) is 24.1 Å². The summed E-state index contributed by atoms with van der Waals surface area (Å²) in [6.07, 6.45) is 2.84. The van der Waals surface area contributed by atoms with E-state index in [4.69, 9.17) is 9.89 Å². The van der Waals surface area contributed by atoms with Crippen LogP contribution < -0.4 is 0 Å². The molecule has 0 amide bonds. The van der Waals surface area contributed by atoms with Crippen LogP contribution in [0.4, 0.5) is 4.39 Å². The van der Waals surface area contributed by atoms with E-state index in [1.54, 1.807) is 23.6 Å². The van der Waals surface area contributed by atoms with E-state index in [1.807, 2.05) is 6.07 Å². The lowest BCUT2D eigenvalue weighted by Crippen LogP contribution is -2.06. The molecule has 0 aliphatic heterocycles. The summed E-state index contributed by atoms with van der Waals surface area (Å²) < 4.78 is 20.8. The predicted octanol–water partition coefficient (Wildman–Crippen LogP) is 2.24. The van der Waals surface area contributed by atoms with Gasteiger partial charge >= 0.3 is 0 Å². The van der Waals surface area contributed by atoms with Gasteiger partial charge in [-0.15, -0.1) is 0 Å². The van der Waals surface area contributed by atoms with Crippen molar-refractivity contribution >= 4 is 11.0 Å². The van der Waals surface area contributed by atoms with Crippen LogP contribution in [0.5, 0.6) is 0 Å². The highest BCUT2D eigenvalue weighted by Gasteiger charge is 2.21. The predicted molar refractivity (Wildman–Crippen MR) is 83.6 cm³/mol. The van der Waals surface area contributed by atoms with E-state index >= 15 is 0 Å². The molecule has 25 heavy (non-hydrogen) atoms. The fourth-order valence-electron chi connectivity index (χ4n) is 2.57. The second-order valence-corrected chi connectivity index (χ2v) is 5.33. The van der Waals surface area contributed by atoms with Crippen molar-refractivity contribution in [2.45, 2.75) is 13.5 Å². The highest BCUT2D eigenvalue weighted by molar-refractivity contribution is 5.81. The Balaban J connectivity index is 1.91. The number of imidazole rings is 1. The zero-order chi connectivity index (χ0) is 17.4. The van der Waals surface area contributed by atoms with Crippen molar-refractivity contribution in [3.8, 4) is 17.6 Å². The third-order valence-electron chi connectivity index (χ3n) is 3.72. The zero-order valence-corrected chi connectivity index (χ0v) is 13.0. The van der Waals surface area contributed by atoms with E-state index in [2.05, 4.69) is 25.3 Å². The summed E-state index contributed by atoms with van der Waals surface area (Å²) in [5, 5.41) is 16.4. The van der Waals surface area contributed by atoms with Gasteiger partial charge in [0.25, 0.3) is 0 Å². The van der Waals surface area contributed by atoms with Crippen LogP contribution in [0.1, 0.15) is 17.1 Å². The monoisotopic (exact) mass is 335 g/mol. The summed E-state index contributed by atoms with van der Waals surface area (Å²) in [5.41, 5.74) is 2.55. The molecule has 0 N–H and O–H groups in total. The SMILES string of the molecule is Cc1nonc1-c1nc2cccc(F)c2n1Cc1cnc(C#N)cn1.